The summed E-state index contributed by atoms with van der Waals surface area (Å²) in [6.07, 6.45) is 1.53. The maximum absolute atomic E-state index is 12.2. The van der Waals surface area contributed by atoms with E-state index in [0.717, 1.165) is 15.4 Å². The summed E-state index contributed by atoms with van der Waals surface area (Å²) in [5.74, 6) is 0. The minimum Gasteiger partial charge on any atom is -0.262 e. The molecule has 0 heterocycles. The summed E-state index contributed by atoms with van der Waals surface area (Å²) in [6, 6.07) is 17.8. The molecule has 0 aliphatic carbocycles. The summed E-state index contributed by atoms with van der Waals surface area (Å²) in [6.45, 7) is 0. The Bertz CT molecular complexity index is 667. The van der Waals surface area contributed by atoms with Crippen molar-refractivity contribution in [1.29, 1.82) is 0 Å². The van der Waals surface area contributed by atoms with E-state index in [1.807, 2.05) is 36.4 Å². The van der Waals surface area contributed by atoms with Gasteiger partial charge in [0.25, 0.3) is 10.0 Å². The molecule has 0 aliphatic rings. The predicted molar refractivity (Wildman–Crippen MR) is 80.3 cm³/mol. The monoisotopic (exact) mass is 289 g/mol. The van der Waals surface area contributed by atoms with Crippen LogP contribution in [-0.4, -0.2) is 15.5 Å². The highest BCUT2D eigenvalue weighted by Crippen LogP contribution is 2.19. The molecule has 4 nitrogen and oxygen atoms in total. The number of benzene rings is 2. The first kappa shape index (κ1) is 14.3. The maximum atomic E-state index is 12.2. The minimum absolute atomic E-state index is 0.452. The predicted octanol–water partition coefficient (Wildman–Crippen LogP) is 3.06. The number of hydrogen-bond acceptors (Lipinski definition) is 3. The summed E-state index contributed by atoms with van der Waals surface area (Å²) in [5.41, 5.74) is 1.26. The van der Waals surface area contributed by atoms with Crippen LogP contribution < -0.4 is 4.47 Å². The Kier molecular flexibility index (Phi) is 4.55. The second-order valence-corrected chi connectivity index (χ2v) is 5.64. The van der Waals surface area contributed by atoms with Crippen molar-refractivity contribution in [1.82, 2.24) is 0 Å². The zero-order chi connectivity index (χ0) is 14.4. The van der Waals surface area contributed by atoms with Crippen molar-refractivity contribution in [2.24, 2.45) is 0 Å². The lowest BCUT2D eigenvalue weighted by Gasteiger charge is -2.19. The van der Waals surface area contributed by atoms with Crippen molar-refractivity contribution < 1.29 is 13.3 Å². The van der Waals surface area contributed by atoms with Crippen LogP contribution in [0.2, 0.25) is 0 Å². The van der Waals surface area contributed by atoms with Crippen LogP contribution in [0.1, 0.15) is 5.56 Å². The molecular weight excluding hydrogens is 274 g/mol. The average molecular weight is 289 g/mol. The van der Waals surface area contributed by atoms with Crippen molar-refractivity contribution >= 4 is 21.8 Å². The van der Waals surface area contributed by atoms with Crippen LogP contribution in [0.5, 0.6) is 0 Å². The van der Waals surface area contributed by atoms with Crippen LogP contribution in [0.15, 0.2) is 66.1 Å². The highest BCUT2D eigenvalue weighted by molar-refractivity contribution is 7.95. The van der Waals surface area contributed by atoms with Gasteiger partial charge in [0.1, 0.15) is 0 Å². The molecule has 2 aromatic rings. The van der Waals surface area contributed by atoms with Gasteiger partial charge in [-0.05, 0) is 23.8 Å². The third kappa shape index (κ3) is 3.46. The Hall–Kier alpha value is -2.11. The normalized spacial score (nSPS) is 11.7. The Morgan fingerprint density at radius 1 is 0.950 bits per heavy atom. The Balaban J connectivity index is 2.27. The molecule has 2 rings (SSSR count). The van der Waals surface area contributed by atoms with Gasteiger partial charge in [0.05, 0.1) is 18.2 Å². The third-order valence-corrected chi connectivity index (χ3v) is 3.90. The molecule has 0 unspecified atom stereocenters. The SMILES string of the molecule is CON(c1ccccc1)S(=O)(=O)C=Cc1ccccc1. The molecule has 0 bridgehead atoms. The van der Waals surface area contributed by atoms with Crippen LogP contribution >= 0.6 is 0 Å². The quantitative estimate of drug-likeness (QED) is 0.795. The molecule has 0 aliphatic heterocycles. The number of rotatable bonds is 5. The molecule has 0 atom stereocenters. The number of para-hydroxylation sites is 1. The summed E-state index contributed by atoms with van der Waals surface area (Å²) >= 11 is 0. The Morgan fingerprint density at radius 2 is 1.50 bits per heavy atom. The topological polar surface area (TPSA) is 46.6 Å². The van der Waals surface area contributed by atoms with E-state index in [9.17, 15) is 8.42 Å². The van der Waals surface area contributed by atoms with E-state index in [1.54, 1.807) is 24.3 Å². The second-order valence-electron chi connectivity index (χ2n) is 4.00. The van der Waals surface area contributed by atoms with E-state index in [2.05, 4.69) is 0 Å². The molecule has 104 valence electrons. The zero-order valence-electron chi connectivity index (χ0n) is 11.0. The highest BCUT2D eigenvalue weighted by atomic mass is 32.2. The fraction of sp³-hybridized carbons (Fsp3) is 0.0667. The van der Waals surface area contributed by atoms with E-state index in [1.165, 1.54) is 13.2 Å². The molecule has 0 N–H and O–H groups in total. The molecule has 0 aromatic heterocycles. The lowest BCUT2D eigenvalue weighted by Crippen LogP contribution is -2.27. The number of anilines is 1. The minimum atomic E-state index is -3.69. The van der Waals surface area contributed by atoms with Gasteiger partial charge in [-0.15, -0.1) is 4.47 Å². The maximum Gasteiger partial charge on any atom is 0.279 e. The smallest absolute Gasteiger partial charge is 0.262 e. The van der Waals surface area contributed by atoms with E-state index in [-0.39, 0.29) is 0 Å². The molecule has 20 heavy (non-hydrogen) atoms. The fourth-order valence-electron chi connectivity index (χ4n) is 1.69. The molecular formula is C15H15NO3S. The van der Waals surface area contributed by atoms with Crippen molar-refractivity contribution in [3.05, 3.63) is 71.6 Å². The first-order valence-electron chi connectivity index (χ1n) is 6.01. The fourth-order valence-corrected chi connectivity index (χ4v) is 2.75. The highest BCUT2D eigenvalue weighted by Gasteiger charge is 2.19. The summed E-state index contributed by atoms with van der Waals surface area (Å²) in [4.78, 5) is 4.98. The van der Waals surface area contributed by atoms with Crippen LogP contribution in [0.3, 0.4) is 0 Å². The van der Waals surface area contributed by atoms with Gasteiger partial charge in [0.15, 0.2) is 0 Å². The number of hydrogen-bond donors (Lipinski definition) is 0. The van der Waals surface area contributed by atoms with Crippen molar-refractivity contribution in [2.45, 2.75) is 0 Å². The van der Waals surface area contributed by atoms with Gasteiger partial charge in [-0.2, -0.15) is 8.42 Å². The summed E-state index contributed by atoms with van der Waals surface area (Å²) < 4.78 is 25.4. The molecule has 0 saturated heterocycles. The van der Waals surface area contributed by atoms with Gasteiger partial charge in [0.2, 0.25) is 0 Å². The van der Waals surface area contributed by atoms with Gasteiger partial charge < -0.3 is 0 Å². The van der Waals surface area contributed by atoms with E-state index < -0.39 is 10.0 Å². The van der Waals surface area contributed by atoms with Crippen LogP contribution in [-0.2, 0) is 14.9 Å². The molecule has 0 fully saturated rings. The summed E-state index contributed by atoms with van der Waals surface area (Å²) in [7, 11) is -2.37. The van der Waals surface area contributed by atoms with Crippen LogP contribution in [0, 0.1) is 0 Å². The van der Waals surface area contributed by atoms with E-state index in [0.29, 0.717) is 5.69 Å². The zero-order valence-corrected chi connectivity index (χ0v) is 11.8. The first-order chi connectivity index (χ1) is 9.63. The van der Waals surface area contributed by atoms with Gasteiger partial charge in [-0.25, -0.2) is 0 Å². The molecule has 5 heteroatoms. The average Bonchev–Trinajstić information content (AvgIpc) is 2.48. The largest absolute Gasteiger partial charge is 0.279 e. The van der Waals surface area contributed by atoms with Crippen molar-refractivity contribution in [3.63, 3.8) is 0 Å². The standard InChI is InChI=1S/C15H15NO3S/c1-19-16(15-10-6-3-7-11-15)20(17,18)13-12-14-8-4-2-5-9-14/h2-13H,1H3. The Morgan fingerprint density at radius 3 is 2.05 bits per heavy atom. The van der Waals surface area contributed by atoms with Gasteiger partial charge in [0, 0.05) is 0 Å². The van der Waals surface area contributed by atoms with Gasteiger partial charge >= 0.3 is 0 Å². The molecule has 0 spiro atoms. The second kappa shape index (κ2) is 6.36. The molecule has 0 amide bonds. The summed E-state index contributed by atoms with van der Waals surface area (Å²) in [5, 5.41) is 1.12. The third-order valence-electron chi connectivity index (χ3n) is 2.60. The molecule has 0 radical (unpaired) electrons. The van der Waals surface area contributed by atoms with Crippen molar-refractivity contribution in [2.75, 3.05) is 11.6 Å². The van der Waals surface area contributed by atoms with Crippen LogP contribution in [0.4, 0.5) is 5.69 Å². The van der Waals surface area contributed by atoms with Gasteiger partial charge in [-0.3, -0.25) is 4.84 Å². The van der Waals surface area contributed by atoms with Crippen LogP contribution in [0.25, 0.3) is 6.08 Å². The number of sulfonamides is 1. The first-order valence-corrected chi connectivity index (χ1v) is 7.51. The number of nitrogens with zero attached hydrogens (tertiary/aromatic N) is 1. The van der Waals surface area contributed by atoms with Gasteiger partial charge in [-0.1, -0.05) is 48.5 Å². The Labute approximate surface area is 118 Å². The molecule has 2 aromatic carbocycles. The lowest BCUT2D eigenvalue weighted by atomic mass is 10.2. The lowest BCUT2D eigenvalue weighted by molar-refractivity contribution is 0.217. The van der Waals surface area contributed by atoms with E-state index >= 15 is 0 Å². The van der Waals surface area contributed by atoms with Crippen molar-refractivity contribution in [3.8, 4) is 0 Å². The van der Waals surface area contributed by atoms with E-state index in [4.69, 9.17) is 4.84 Å². The molecule has 0 saturated carbocycles.